The van der Waals surface area contributed by atoms with Crippen LogP contribution in [0.4, 0.5) is 19.0 Å². The Bertz CT molecular complexity index is 397. The SMILES string of the molecule is O=[N+]([O-])c1cc(C(F)F)c(F)c(CO)n1. The van der Waals surface area contributed by atoms with Crippen molar-refractivity contribution >= 4 is 5.82 Å². The fourth-order valence-corrected chi connectivity index (χ4v) is 0.946. The summed E-state index contributed by atoms with van der Waals surface area (Å²) in [5.41, 5.74) is -1.90. The third-order valence-electron chi connectivity index (χ3n) is 1.61. The topological polar surface area (TPSA) is 76.3 Å². The zero-order valence-corrected chi connectivity index (χ0v) is 7.15. The molecule has 15 heavy (non-hydrogen) atoms. The first kappa shape index (κ1) is 11.4. The number of aliphatic hydroxyl groups excluding tert-OH is 1. The number of rotatable bonds is 3. The van der Waals surface area contributed by atoms with E-state index in [-0.39, 0.29) is 0 Å². The van der Waals surface area contributed by atoms with Crippen LogP contribution in [-0.2, 0) is 6.61 Å². The smallest absolute Gasteiger partial charge is 0.364 e. The van der Waals surface area contributed by atoms with Crippen LogP contribution in [0.5, 0.6) is 0 Å². The fraction of sp³-hybridized carbons (Fsp3) is 0.286. The van der Waals surface area contributed by atoms with Crippen LogP contribution in [0.2, 0.25) is 0 Å². The van der Waals surface area contributed by atoms with Crippen LogP contribution in [0.1, 0.15) is 17.7 Å². The van der Waals surface area contributed by atoms with Crippen molar-refractivity contribution in [2.75, 3.05) is 0 Å². The zero-order valence-electron chi connectivity index (χ0n) is 7.15. The minimum atomic E-state index is -3.20. The van der Waals surface area contributed by atoms with Crippen molar-refractivity contribution in [2.45, 2.75) is 13.0 Å². The molecule has 0 bridgehead atoms. The third-order valence-corrected chi connectivity index (χ3v) is 1.61. The fourth-order valence-electron chi connectivity index (χ4n) is 0.946. The highest BCUT2D eigenvalue weighted by Gasteiger charge is 2.25. The van der Waals surface area contributed by atoms with Crippen LogP contribution in [0.15, 0.2) is 6.07 Å². The monoisotopic (exact) mass is 222 g/mol. The quantitative estimate of drug-likeness (QED) is 0.621. The molecule has 1 heterocycles. The summed E-state index contributed by atoms with van der Waals surface area (Å²) >= 11 is 0. The van der Waals surface area contributed by atoms with Gasteiger partial charge in [-0.05, 0) is 9.91 Å². The van der Waals surface area contributed by atoms with Gasteiger partial charge in [-0.15, -0.1) is 0 Å². The Balaban J connectivity index is 3.38. The van der Waals surface area contributed by atoms with Crippen molar-refractivity contribution in [3.8, 4) is 0 Å². The second kappa shape index (κ2) is 4.22. The summed E-state index contributed by atoms with van der Waals surface area (Å²) in [4.78, 5) is 12.3. The minimum absolute atomic E-state index is 0.346. The summed E-state index contributed by atoms with van der Waals surface area (Å²) in [6.07, 6.45) is -3.20. The maximum Gasteiger partial charge on any atom is 0.364 e. The van der Waals surface area contributed by atoms with Crippen LogP contribution >= 0.6 is 0 Å². The number of nitro groups is 1. The second-order valence-corrected chi connectivity index (χ2v) is 2.55. The molecule has 0 saturated heterocycles. The number of hydrogen-bond acceptors (Lipinski definition) is 4. The molecule has 82 valence electrons. The van der Waals surface area contributed by atoms with Crippen LogP contribution in [0.3, 0.4) is 0 Å². The number of aromatic nitrogens is 1. The molecule has 5 nitrogen and oxygen atoms in total. The molecule has 0 aliphatic carbocycles. The lowest BCUT2D eigenvalue weighted by atomic mass is 10.2. The normalized spacial score (nSPS) is 10.7. The van der Waals surface area contributed by atoms with Gasteiger partial charge in [0.05, 0.1) is 5.56 Å². The average molecular weight is 222 g/mol. The van der Waals surface area contributed by atoms with Gasteiger partial charge < -0.3 is 15.2 Å². The highest BCUT2D eigenvalue weighted by molar-refractivity contribution is 5.31. The Morgan fingerprint density at radius 1 is 1.60 bits per heavy atom. The molecular weight excluding hydrogens is 217 g/mol. The van der Waals surface area contributed by atoms with Crippen LogP contribution in [0, 0.1) is 15.9 Å². The van der Waals surface area contributed by atoms with E-state index in [4.69, 9.17) is 5.11 Å². The molecule has 0 aliphatic heterocycles. The maximum atomic E-state index is 13.0. The first-order valence-corrected chi connectivity index (χ1v) is 3.70. The number of alkyl halides is 2. The molecule has 1 aromatic rings. The largest absolute Gasteiger partial charge is 0.388 e. The molecule has 0 unspecified atom stereocenters. The Hall–Kier alpha value is -1.70. The number of pyridine rings is 1. The Morgan fingerprint density at radius 2 is 2.20 bits per heavy atom. The second-order valence-electron chi connectivity index (χ2n) is 2.55. The summed E-state index contributed by atoms with van der Waals surface area (Å²) in [6, 6.07) is 0.346. The summed E-state index contributed by atoms with van der Waals surface area (Å²) in [7, 11) is 0. The van der Waals surface area contributed by atoms with Gasteiger partial charge in [-0.25, -0.2) is 13.2 Å². The summed E-state index contributed by atoms with van der Waals surface area (Å²) in [5.74, 6) is -2.34. The third kappa shape index (κ3) is 2.21. The van der Waals surface area contributed by atoms with E-state index in [2.05, 4.69) is 4.98 Å². The Kier molecular flexibility index (Phi) is 3.20. The molecular formula is C7H5F3N2O3. The lowest BCUT2D eigenvalue weighted by molar-refractivity contribution is -0.389. The van der Waals surface area contributed by atoms with Gasteiger partial charge in [-0.2, -0.15) is 0 Å². The van der Waals surface area contributed by atoms with Crippen LogP contribution < -0.4 is 0 Å². The van der Waals surface area contributed by atoms with Crippen molar-refractivity contribution in [3.63, 3.8) is 0 Å². The van der Waals surface area contributed by atoms with Gasteiger partial charge in [0.1, 0.15) is 6.61 Å². The summed E-state index contributed by atoms with van der Waals surface area (Å²) < 4.78 is 37.5. The molecule has 1 N–H and O–H groups in total. The number of halogens is 3. The van der Waals surface area contributed by atoms with Gasteiger partial charge in [0.2, 0.25) is 5.69 Å². The molecule has 0 aromatic carbocycles. The highest BCUT2D eigenvalue weighted by atomic mass is 19.3. The molecule has 0 atom stereocenters. The molecule has 0 aliphatic rings. The molecule has 0 radical (unpaired) electrons. The van der Waals surface area contributed by atoms with E-state index in [1.807, 2.05) is 0 Å². The van der Waals surface area contributed by atoms with Gasteiger partial charge in [0.25, 0.3) is 6.43 Å². The molecule has 0 saturated carbocycles. The van der Waals surface area contributed by atoms with Gasteiger partial charge >= 0.3 is 5.82 Å². The maximum absolute atomic E-state index is 13.0. The average Bonchev–Trinajstić information content (AvgIpc) is 2.17. The molecule has 0 spiro atoms. The predicted octanol–water partition coefficient (Wildman–Crippen LogP) is 1.56. The summed E-state index contributed by atoms with van der Waals surface area (Å²) in [5, 5.41) is 18.8. The van der Waals surface area contributed by atoms with Gasteiger partial charge in [-0.3, -0.25) is 0 Å². The van der Waals surface area contributed by atoms with Gasteiger partial charge in [-0.1, -0.05) is 0 Å². The lowest BCUT2D eigenvalue weighted by Gasteiger charge is -2.02. The minimum Gasteiger partial charge on any atom is -0.388 e. The summed E-state index contributed by atoms with van der Waals surface area (Å²) in [6.45, 7) is -0.979. The van der Waals surface area contributed by atoms with Crippen molar-refractivity contribution in [2.24, 2.45) is 0 Å². The molecule has 0 fully saturated rings. The zero-order chi connectivity index (χ0) is 11.6. The Labute approximate surface area is 81.3 Å². The molecule has 1 aromatic heterocycles. The van der Waals surface area contributed by atoms with Crippen molar-refractivity contribution in [1.29, 1.82) is 0 Å². The van der Waals surface area contributed by atoms with E-state index in [9.17, 15) is 23.3 Å². The molecule has 8 heteroatoms. The predicted molar refractivity (Wildman–Crippen MR) is 41.7 cm³/mol. The standard InChI is InChI=1S/C7H5F3N2O3/c8-6-3(7(9)10)1-5(12(14)15)11-4(6)2-13/h1,7,13H,2H2. The van der Waals surface area contributed by atoms with E-state index in [0.717, 1.165) is 0 Å². The van der Waals surface area contributed by atoms with Crippen molar-refractivity contribution in [3.05, 3.63) is 33.3 Å². The number of hydrogen-bond donors (Lipinski definition) is 1. The first-order chi connectivity index (χ1) is 6.97. The molecule has 1 rings (SSSR count). The van der Waals surface area contributed by atoms with E-state index in [1.165, 1.54) is 0 Å². The van der Waals surface area contributed by atoms with Gasteiger partial charge in [0.15, 0.2) is 5.82 Å². The van der Waals surface area contributed by atoms with Crippen molar-refractivity contribution in [1.82, 2.24) is 4.98 Å². The number of aliphatic hydroxyl groups is 1. The molecule has 0 amide bonds. The van der Waals surface area contributed by atoms with E-state index in [0.29, 0.717) is 6.07 Å². The highest BCUT2D eigenvalue weighted by Crippen LogP contribution is 2.26. The van der Waals surface area contributed by atoms with Crippen LogP contribution in [0.25, 0.3) is 0 Å². The lowest BCUT2D eigenvalue weighted by Crippen LogP contribution is -2.04. The van der Waals surface area contributed by atoms with Gasteiger partial charge in [0, 0.05) is 6.07 Å². The van der Waals surface area contributed by atoms with E-state index >= 15 is 0 Å². The van der Waals surface area contributed by atoms with Crippen molar-refractivity contribution < 1.29 is 23.2 Å². The Morgan fingerprint density at radius 3 is 2.60 bits per heavy atom. The van der Waals surface area contributed by atoms with Crippen LogP contribution in [-0.4, -0.2) is 15.0 Å². The number of nitrogens with zero attached hydrogens (tertiary/aromatic N) is 2. The van der Waals surface area contributed by atoms with E-state index < -0.39 is 40.8 Å². The van der Waals surface area contributed by atoms with E-state index in [1.54, 1.807) is 0 Å². The first-order valence-electron chi connectivity index (χ1n) is 3.70.